The van der Waals surface area contributed by atoms with E-state index in [0.29, 0.717) is 27.7 Å². The van der Waals surface area contributed by atoms with Gasteiger partial charge < -0.3 is 16.0 Å². The molecule has 0 saturated carbocycles. The molecule has 3 amide bonds. The molecule has 1 aromatic heterocycles. The van der Waals surface area contributed by atoms with Crippen molar-refractivity contribution >= 4 is 57.6 Å². The predicted octanol–water partition coefficient (Wildman–Crippen LogP) is 8.17. The molecule has 4 aromatic carbocycles. The minimum atomic E-state index is -0.646. The fourth-order valence-corrected chi connectivity index (χ4v) is 7.71. The molecule has 1 unspecified atom stereocenters. The third kappa shape index (κ3) is 8.33. The second-order valence-corrected chi connectivity index (χ2v) is 13.5. The molecule has 6 rings (SSSR count). The molecule has 1 aliphatic rings. The average Bonchev–Trinajstić information content (AvgIpc) is 3.48. The van der Waals surface area contributed by atoms with E-state index in [1.165, 1.54) is 52.9 Å². The molecule has 0 spiro atoms. The smallest absolute Gasteiger partial charge is 0.272 e. The van der Waals surface area contributed by atoms with Crippen LogP contribution in [0.4, 0.5) is 15.1 Å². The van der Waals surface area contributed by atoms with Gasteiger partial charge in [-0.2, -0.15) is 5.26 Å². The number of benzene rings is 4. The number of anilines is 2. The molecule has 1 aliphatic carbocycles. The zero-order valence-electron chi connectivity index (χ0n) is 26.2. The lowest BCUT2D eigenvalue weighted by Gasteiger charge is -2.22. The molecule has 1 heterocycles. The Morgan fingerprint density at radius 1 is 0.918 bits per heavy atom. The number of rotatable bonds is 10. The van der Waals surface area contributed by atoms with Crippen LogP contribution < -0.4 is 16.0 Å². The lowest BCUT2D eigenvalue weighted by Crippen LogP contribution is -2.30. The van der Waals surface area contributed by atoms with Gasteiger partial charge in [-0.3, -0.25) is 14.4 Å². The number of thiophene rings is 1. The van der Waals surface area contributed by atoms with Gasteiger partial charge in [0, 0.05) is 26.6 Å². The normalized spacial score (nSPS) is 13.9. The van der Waals surface area contributed by atoms with Crippen molar-refractivity contribution in [2.45, 2.75) is 30.1 Å². The van der Waals surface area contributed by atoms with Crippen LogP contribution in [0.3, 0.4) is 0 Å². The fraction of sp³-hybridized carbons (Fsp3) is 0.128. The number of fused-ring (bicyclic) bond motifs is 1. The van der Waals surface area contributed by atoms with Gasteiger partial charge in [-0.05, 0) is 78.8 Å². The minimum absolute atomic E-state index is 0.0864. The number of nitriles is 1. The SMILES string of the molecule is N#Cc1c(NC(=O)CSc2cccc(NC(=O)/C(=C/c3ccccc3F)NC(=O)c3ccccc3)c2)sc2c1CCC(c1ccccc1)C2. The topological polar surface area (TPSA) is 111 Å². The van der Waals surface area contributed by atoms with E-state index in [-0.39, 0.29) is 22.9 Å². The van der Waals surface area contributed by atoms with E-state index in [9.17, 15) is 24.0 Å². The highest BCUT2D eigenvalue weighted by molar-refractivity contribution is 8.00. The molecule has 5 aromatic rings. The maximum atomic E-state index is 14.5. The van der Waals surface area contributed by atoms with E-state index in [0.717, 1.165) is 34.6 Å². The van der Waals surface area contributed by atoms with Gasteiger partial charge in [-0.15, -0.1) is 23.1 Å². The predicted molar refractivity (Wildman–Crippen MR) is 193 cm³/mol. The zero-order chi connectivity index (χ0) is 34.2. The molecule has 244 valence electrons. The van der Waals surface area contributed by atoms with Crippen LogP contribution in [0.25, 0.3) is 6.08 Å². The first-order valence-corrected chi connectivity index (χ1v) is 17.4. The number of amides is 3. The Hall–Kier alpha value is -5.50. The molecule has 10 heteroatoms. The van der Waals surface area contributed by atoms with Crippen LogP contribution >= 0.6 is 23.1 Å². The monoisotopic (exact) mass is 686 g/mol. The molecule has 49 heavy (non-hydrogen) atoms. The van der Waals surface area contributed by atoms with Gasteiger partial charge in [0.2, 0.25) is 5.91 Å². The van der Waals surface area contributed by atoms with Crippen molar-refractivity contribution in [2.24, 2.45) is 0 Å². The van der Waals surface area contributed by atoms with Crippen molar-refractivity contribution in [2.75, 3.05) is 16.4 Å². The zero-order valence-corrected chi connectivity index (χ0v) is 27.9. The lowest BCUT2D eigenvalue weighted by atomic mass is 9.83. The van der Waals surface area contributed by atoms with Crippen LogP contribution in [0.5, 0.6) is 0 Å². The largest absolute Gasteiger partial charge is 0.321 e. The Morgan fingerprint density at radius 3 is 2.41 bits per heavy atom. The van der Waals surface area contributed by atoms with Crippen LogP contribution in [-0.2, 0) is 22.4 Å². The Balaban J connectivity index is 1.10. The van der Waals surface area contributed by atoms with Crippen molar-refractivity contribution in [3.8, 4) is 6.07 Å². The highest BCUT2D eigenvalue weighted by Gasteiger charge is 2.27. The number of thioether (sulfide) groups is 1. The van der Waals surface area contributed by atoms with E-state index in [1.54, 1.807) is 54.6 Å². The summed E-state index contributed by atoms with van der Waals surface area (Å²) in [7, 11) is 0. The third-order valence-electron chi connectivity index (χ3n) is 8.10. The fourth-order valence-electron chi connectivity index (χ4n) is 5.67. The Labute approximate surface area is 291 Å². The van der Waals surface area contributed by atoms with Crippen molar-refractivity contribution in [3.63, 3.8) is 0 Å². The van der Waals surface area contributed by atoms with Gasteiger partial charge in [0.05, 0.1) is 11.3 Å². The van der Waals surface area contributed by atoms with Crippen molar-refractivity contribution in [3.05, 3.63) is 153 Å². The number of carbonyl (C=O) groups excluding carboxylic acids is 3. The number of hydrogen-bond acceptors (Lipinski definition) is 6. The van der Waals surface area contributed by atoms with E-state index in [4.69, 9.17) is 0 Å². The summed E-state index contributed by atoms with van der Waals surface area (Å²) in [6.07, 6.45) is 3.88. The maximum Gasteiger partial charge on any atom is 0.272 e. The molecular formula is C39H31FN4O3S2. The second kappa shape index (κ2) is 15.6. The first-order valence-electron chi connectivity index (χ1n) is 15.6. The van der Waals surface area contributed by atoms with Gasteiger partial charge >= 0.3 is 0 Å². The summed E-state index contributed by atoms with van der Waals surface area (Å²) in [5.74, 6) is -1.48. The third-order valence-corrected chi connectivity index (χ3v) is 10.3. The Bertz CT molecular complexity index is 2070. The highest BCUT2D eigenvalue weighted by Crippen LogP contribution is 2.42. The summed E-state index contributed by atoms with van der Waals surface area (Å²) in [6.45, 7) is 0. The standard InChI is InChI=1S/C39H31FN4O3S2/c40-33-17-8-7-14-28(33)20-34(43-37(46)26-12-5-2-6-13-26)38(47)42-29-15-9-16-30(22-29)48-24-36(45)44-39-32(23-41)31-19-18-27(21-35(31)49-39)25-10-3-1-4-11-25/h1-17,20,22,27H,18-19,21,24H2,(H,42,47)(H,43,46)(H,44,45)/b34-20-. The molecule has 0 fully saturated rings. The minimum Gasteiger partial charge on any atom is -0.321 e. The summed E-state index contributed by atoms with van der Waals surface area (Å²) in [5, 5.41) is 18.8. The van der Waals surface area contributed by atoms with Crippen LogP contribution in [-0.4, -0.2) is 23.5 Å². The van der Waals surface area contributed by atoms with Crippen molar-refractivity contribution < 1.29 is 18.8 Å². The van der Waals surface area contributed by atoms with Gasteiger partial charge in [-0.1, -0.05) is 72.8 Å². The first kappa shape index (κ1) is 33.4. The number of halogens is 1. The number of carbonyl (C=O) groups is 3. The molecule has 3 N–H and O–H groups in total. The first-order chi connectivity index (χ1) is 23.9. The van der Waals surface area contributed by atoms with Crippen LogP contribution in [0.2, 0.25) is 0 Å². The van der Waals surface area contributed by atoms with Gasteiger partial charge in [0.15, 0.2) is 0 Å². The van der Waals surface area contributed by atoms with Crippen molar-refractivity contribution in [1.82, 2.24) is 5.32 Å². The van der Waals surface area contributed by atoms with E-state index in [2.05, 4.69) is 34.2 Å². The number of hydrogen-bond donors (Lipinski definition) is 3. The number of nitrogens with one attached hydrogen (secondary N) is 3. The van der Waals surface area contributed by atoms with Crippen LogP contribution in [0.15, 0.2) is 120 Å². The lowest BCUT2D eigenvalue weighted by molar-refractivity contribution is -0.114. The molecule has 0 aliphatic heterocycles. The molecule has 0 radical (unpaired) electrons. The van der Waals surface area contributed by atoms with Crippen LogP contribution in [0.1, 0.15) is 49.8 Å². The Morgan fingerprint density at radius 2 is 1.65 bits per heavy atom. The quantitative estimate of drug-likeness (QED) is 0.101. The van der Waals surface area contributed by atoms with Crippen LogP contribution in [0, 0.1) is 17.1 Å². The molecule has 0 bridgehead atoms. The summed E-state index contributed by atoms with van der Waals surface area (Å²) in [6, 6.07) is 34.0. The Kier molecular flexibility index (Phi) is 10.6. The highest BCUT2D eigenvalue weighted by atomic mass is 32.2. The van der Waals surface area contributed by atoms with Gasteiger partial charge in [0.1, 0.15) is 22.6 Å². The number of nitrogens with zero attached hydrogens (tertiary/aromatic N) is 1. The van der Waals surface area contributed by atoms with Crippen molar-refractivity contribution in [1.29, 1.82) is 5.26 Å². The second-order valence-electron chi connectivity index (χ2n) is 11.4. The van der Waals surface area contributed by atoms with E-state index in [1.807, 2.05) is 24.3 Å². The van der Waals surface area contributed by atoms with E-state index < -0.39 is 17.6 Å². The summed E-state index contributed by atoms with van der Waals surface area (Å²) < 4.78 is 14.5. The molecule has 0 saturated heterocycles. The van der Waals surface area contributed by atoms with Gasteiger partial charge in [-0.25, -0.2) is 4.39 Å². The van der Waals surface area contributed by atoms with Gasteiger partial charge in [0.25, 0.3) is 11.8 Å². The summed E-state index contributed by atoms with van der Waals surface area (Å²) >= 11 is 2.76. The summed E-state index contributed by atoms with van der Waals surface area (Å²) in [4.78, 5) is 41.2. The average molecular weight is 687 g/mol. The molecule has 1 atom stereocenters. The molecular weight excluding hydrogens is 656 g/mol. The maximum absolute atomic E-state index is 14.5. The molecule has 7 nitrogen and oxygen atoms in total. The summed E-state index contributed by atoms with van der Waals surface area (Å²) in [5.41, 5.74) is 3.64. The van der Waals surface area contributed by atoms with E-state index >= 15 is 0 Å².